The van der Waals surface area contributed by atoms with Crippen LogP contribution in [0, 0.1) is 11.6 Å². The summed E-state index contributed by atoms with van der Waals surface area (Å²) in [6, 6.07) is 2.00. The molecule has 0 aromatic heterocycles. The molecule has 15 heavy (non-hydrogen) atoms. The van der Waals surface area contributed by atoms with E-state index < -0.39 is 22.4 Å². The van der Waals surface area contributed by atoms with Crippen LogP contribution in [0.15, 0.2) is 17.0 Å². The lowest BCUT2D eigenvalue weighted by Gasteiger charge is -2.13. The number of halogens is 2. The Morgan fingerprint density at radius 3 is 2.53 bits per heavy atom. The van der Waals surface area contributed by atoms with E-state index in [2.05, 4.69) is 5.32 Å². The topological polar surface area (TPSA) is 29.1 Å². The minimum atomic E-state index is -1.26. The first-order valence-corrected chi connectivity index (χ1v) is 5.84. The highest BCUT2D eigenvalue weighted by Crippen LogP contribution is 2.36. The number of nitrogens with one attached hydrogen (secondary N) is 1. The van der Waals surface area contributed by atoms with Gasteiger partial charge in [-0.05, 0) is 31.7 Å². The zero-order valence-electron chi connectivity index (χ0n) is 8.38. The van der Waals surface area contributed by atoms with Crippen LogP contribution in [0.1, 0.15) is 18.5 Å². The third-order valence-corrected chi connectivity index (χ3v) is 4.46. The van der Waals surface area contributed by atoms with Crippen molar-refractivity contribution in [2.45, 2.75) is 23.1 Å². The minimum absolute atomic E-state index is 0.161. The Labute approximate surface area is 89.1 Å². The first kappa shape index (κ1) is 10.7. The minimum Gasteiger partial charge on any atom is -0.312 e. The van der Waals surface area contributed by atoms with Gasteiger partial charge in [-0.2, -0.15) is 0 Å². The van der Waals surface area contributed by atoms with E-state index in [1.165, 1.54) is 0 Å². The summed E-state index contributed by atoms with van der Waals surface area (Å²) in [6.07, 6.45) is 0. The van der Waals surface area contributed by atoms with Crippen LogP contribution in [0.25, 0.3) is 0 Å². The van der Waals surface area contributed by atoms with Gasteiger partial charge in [0.1, 0.15) is 0 Å². The molecule has 3 unspecified atom stereocenters. The summed E-state index contributed by atoms with van der Waals surface area (Å²) < 4.78 is 37.8. The van der Waals surface area contributed by atoms with Crippen molar-refractivity contribution in [3.63, 3.8) is 0 Å². The van der Waals surface area contributed by atoms with Crippen LogP contribution >= 0.6 is 0 Å². The fourth-order valence-corrected chi connectivity index (χ4v) is 3.50. The van der Waals surface area contributed by atoms with E-state index in [-0.39, 0.29) is 11.3 Å². The van der Waals surface area contributed by atoms with Gasteiger partial charge in [-0.15, -0.1) is 0 Å². The van der Waals surface area contributed by atoms with Crippen LogP contribution in [-0.4, -0.2) is 16.5 Å². The summed E-state index contributed by atoms with van der Waals surface area (Å²) in [5.41, 5.74) is 0.599. The van der Waals surface area contributed by atoms with Gasteiger partial charge in [-0.1, -0.05) is 0 Å². The van der Waals surface area contributed by atoms with E-state index in [1.54, 1.807) is 14.0 Å². The Hall–Kier alpha value is -0.810. The fraction of sp³-hybridized carbons (Fsp3) is 0.400. The summed E-state index contributed by atoms with van der Waals surface area (Å²) >= 11 is 0. The van der Waals surface area contributed by atoms with E-state index >= 15 is 0 Å². The van der Waals surface area contributed by atoms with Crippen molar-refractivity contribution in [3.05, 3.63) is 29.3 Å². The van der Waals surface area contributed by atoms with Crippen molar-refractivity contribution in [2.24, 2.45) is 0 Å². The molecule has 1 aliphatic heterocycles. The molecule has 5 heteroatoms. The monoisotopic (exact) mass is 231 g/mol. The highest BCUT2D eigenvalue weighted by Gasteiger charge is 2.35. The molecule has 3 atom stereocenters. The lowest BCUT2D eigenvalue weighted by Crippen LogP contribution is -2.24. The second kappa shape index (κ2) is 3.64. The predicted molar refractivity (Wildman–Crippen MR) is 54.0 cm³/mol. The first-order valence-electron chi connectivity index (χ1n) is 4.63. The molecular weight excluding hydrogens is 220 g/mol. The summed E-state index contributed by atoms with van der Waals surface area (Å²) in [5.74, 6) is -1.83. The average molecular weight is 231 g/mol. The van der Waals surface area contributed by atoms with Gasteiger partial charge < -0.3 is 5.32 Å². The highest BCUT2D eigenvalue weighted by atomic mass is 32.2. The molecule has 0 amide bonds. The summed E-state index contributed by atoms with van der Waals surface area (Å²) in [5, 5.41) is 2.80. The van der Waals surface area contributed by atoms with Gasteiger partial charge in [0.25, 0.3) is 0 Å². The Balaban J connectivity index is 2.61. The van der Waals surface area contributed by atoms with Crippen molar-refractivity contribution in [1.82, 2.24) is 5.32 Å². The fourth-order valence-electron chi connectivity index (χ4n) is 1.93. The van der Waals surface area contributed by atoms with Gasteiger partial charge in [0.05, 0.1) is 16.0 Å². The van der Waals surface area contributed by atoms with E-state index in [4.69, 9.17) is 0 Å². The maximum atomic E-state index is 13.0. The van der Waals surface area contributed by atoms with Crippen LogP contribution in [-0.2, 0) is 10.8 Å². The van der Waals surface area contributed by atoms with Crippen LogP contribution in [0.2, 0.25) is 0 Å². The second-order valence-corrected chi connectivity index (χ2v) is 5.35. The summed E-state index contributed by atoms with van der Waals surface area (Å²) in [4.78, 5) is 0.403. The van der Waals surface area contributed by atoms with Crippen LogP contribution in [0.5, 0.6) is 0 Å². The predicted octanol–water partition coefficient (Wildman–Crippen LogP) is 1.74. The van der Waals surface area contributed by atoms with Gasteiger partial charge in [0, 0.05) is 10.9 Å². The average Bonchev–Trinajstić information content (AvgIpc) is 2.42. The van der Waals surface area contributed by atoms with Gasteiger partial charge in [0.2, 0.25) is 0 Å². The molecular formula is C10H11F2NOS. The molecule has 0 fully saturated rings. The lowest BCUT2D eigenvalue weighted by molar-refractivity contribution is 0.498. The van der Waals surface area contributed by atoms with E-state index in [0.29, 0.717) is 10.5 Å². The standard InChI is InChI=1S/C10H11F2NOS/c1-5-10(13-2)6-3-7(11)8(12)4-9(6)15(5)14/h3-5,10,13H,1-2H3. The molecule has 0 radical (unpaired) electrons. The lowest BCUT2D eigenvalue weighted by atomic mass is 10.0. The Morgan fingerprint density at radius 2 is 1.93 bits per heavy atom. The maximum Gasteiger partial charge on any atom is 0.160 e. The zero-order chi connectivity index (χ0) is 11.2. The van der Waals surface area contributed by atoms with Crippen molar-refractivity contribution in [1.29, 1.82) is 0 Å². The Kier molecular flexibility index (Phi) is 2.60. The third kappa shape index (κ3) is 1.50. The van der Waals surface area contributed by atoms with Gasteiger partial charge in [0.15, 0.2) is 11.6 Å². The smallest absolute Gasteiger partial charge is 0.160 e. The number of rotatable bonds is 1. The molecule has 0 spiro atoms. The molecule has 1 aromatic rings. The first-order chi connectivity index (χ1) is 7.06. The van der Waals surface area contributed by atoms with Gasteiger partial charge in [-0.3, -0.25) is 4.21 Å². The SMILES string of the molecule is CNC1c2cc(F)c(F)cc2S(=O)C1C. The Morgan fingerprint density at radius 1 is 1.33 bits per heavy atom. The highest BCUT2D eigenvalue weighted by molar-refractivity contribution is 7.86. The normalized spacial score (nSPS) is 29.2. The van der Waals surface area contributed by atoms with E-state index in [1.807, 2.05) is 0 Å². The molecule has 1 aromatic carbocycles. The summed E-state index contributed by atoms with van der Waals surface area (Å²) in [6.45, 7) is 1.80. The molecule has 1 aliphatic rings. The molecule has 2 nitrogen and oxygen atoms in total. The zero-order valence-corrected chi connectivity index (χ0v) is 9.20. The molecule has 0 bridgehead atoms. The van der Waals surface area contributed by atoms with Crippen LogP contribution in [0.4, 0.5) is 8.78 Å². The van der Waals surface area contributed by atoms with Crippen molar-refractivity contribution in [2.75, 3.05) is 7.05 Å². The molecule has 0 aliphatic carbocycles. The largest absolute Gasteiger partial charge is 0.312 e. The molecule has 1 N–H and O–H groups in total. The number of hydrogen-bond donors (Lipinski definition) is 1. The quantitative estimate of drug-likeness (QED) is 0.797. The molecule has 1 heterocycles. The Bertz CT molecular complexity index is 436. The second-order valence-electron chi connectivity index (χ2n) is 3.57. The maximum absolute atomic E-state index is 13.0. The van der Waals surface area contributed by atoms with Crippen molar-refractivity contribution >= 4 is 10.8 Å². The van der Waals surface area contributed by atoms with Gasteiger partial charge >= 0.3 is 0 Å². The number of fused-ring (bicyclic) bond motifs is 1. The molecule has 2 rings (SSSR count). The van der Waals surface area contributed by atoms with E-state index in [0.717, 1.165) is 12.1 Å². The van der Waals surface area contributed by atoms with Crippen LogP contribution in [0.3, 0.4) is 0 Å². The van der Waals surface area contributed by atoms with Crippen molar-refractivity contribution < 1.29 is 13.0 Å². The van der Waals surface area contributed by atoms with Crippen molar-refractivity contribution in [3.8, 4) is 0 Å². The number of benzene rings is 1. The summed E-state index contributed by atoms with van der Waals surface area (Å²) in [7, 11) is 0.457. The third-order valence-electron chi connectivity index (χ3n) is 2.72. The van der Waals surface area contributed by atoms with Gasteiger partial charge in [-0.25, -0.2) is 8.78 Å². The molecule has 0 saturated heterocycles. The molecule has 82 valence electrons. The van der Waals surface area contributed by atoms with Crippen LogP contribution < -0.4 is 5.32 Å². The van der Waals surface area contributed by atoms with E-state index in [9.17, 15) is 13.0 Å². The molecule has 0 saturated carbocycles. The number of hydrogen-bond acceptors (Lipinski definition) is 2.